The summed E-state index contributed by atoms with van der Waals surface area (Å²) < 4.78 is 0. The number of likely N-dealkylation sites (tertiary alicyclic amines) is 1. The first-order valence-electron chi connectivity index (χ1n) is 9.16. The minimum Gasteiger partial charge on any atom is -0.481 e. The molecule has 0 aliphatic carbocycles. The zero-order valence-electron chi connectivity index (χ0n) is 14.6. The predicted molar refractivity (Wildman–Crippen MR) is 98.6 cm³/mol. The average molecular weight is 342 g/mol. The normalized spacial score (nSPS) is 14.9. The molecule has 0 amide bonds. The number of carboxylic acid groups (broad SMARTS) is 1. The number of fused-ring (bicyclic) bond motifs is 1. The van der Waals surface area contributed by atoms with Gasteiger partial charge in [-0.05, 0) is 50.9 Å². The van der Waals surface area contributed by atoms with Crippen molar-refractivity contribution in [3.05, 3.63) is 30.1 Å². The lowest BCUT2D eigenvalue weighted by Gasteiger charge is -2.15. The SMILES string of the molecule is O=C(O)CCCCCNc1nc(CN2CCCC2)nc2ccccc12. The van der Waals surface area contributed by atoms with Crippen molar-refractivity contribution in [2.24, 2.45) is 0 Å². The summed E-state index contributed by atoms with van der Waals surface area (Å²) in [5.74, 6) is 1.04. The molecule has 134 valence electrons. The van der Waals surface area contributed by atoms with Crippen LogP contribution in [0.4, 0.5) is 5.82 Å². The summed E-state index contributed by atoms with van der Waals surface area (Å²) in [7, 11) is 0. The maximum Gasteiger partial charge on any atom is 0.303 e. The molecule has 1 aliphatic heterocycles. The number of carboxylic acids is 1. The van der Waals surface area contributed by atoms with E-state index in [2.05, 4.69) is 10.2 Å². The van der Waals surface area contributed by atoms with Gasteiger partial charge in [0.1, 0.15) is 11.6 Å². The monoisotopic (exact) mass is 342 g/mol. The molecular formula is C19H26N4O2. The lowest BCUT2D eigenvalue weighted by molar-refractivity contribution is -0.137. The first kappa shape index (κ1) is 17.6. The standard InChI is InChI=1S/C19H26N4O2/c24-18(25)10-2-1-5-11-20-19-15-8-3-4-9-16(15)21-17(22-19)14-23-12-6-7-13-23/h3-4,8-9H,1-2,5-7,10-14H2,(H,24,25)(H,20,21,22). The Kier molecular flexibility index (Phi) is 6.17. The number of aromatic nitrogens is 2. The molecule has 1 aliphatic rings. The molecule has 0 unspecified atom stereocenters. The maximum absolute atomic E-state index is 10.5. The molecule has 25 heavy (non-hydrogen) atoms. The third-order valence-electron chi connectivity index (χ3n) is 4.57. The number of benzene rings is 1. The lowest BCUT2D eigenvalue weighted by atomic mass is 10.2. The van der Waals surface area contributed by atoms with Crippen molar-refractivity contribution < 1.29 is 9.90 Å². The first-order valence-corrected chi connectivity index (χ1v) is 9.16. The van der Waals surface area contributed by atoms with Gasteiger partial charge >= 0.3 is 5.97 Å². The van der Waals surface area contributed by atoms with E-state index in [0.717, 1.165) is 68.0 Å². The van der Waals surface area contributed by atoms with Crippen molar-refractivity contribution in [1.82, 2.24) is 14.9 Å². The number of rotatable bonds is 9. The minimum absolute atomic E-state index is 0.246. The molecule has 2 aromatic rings. The molecule has 0 bridgehead atoms. The topological polar surface area (TPSA) is 78.3 Å². The fraction of sp³-hybridized carbons (Fsp3) is 0.526. The fourth-order valence-corrected chi connectivity index (χ4v) is 3.26. The highest BCUT2D eigenvalue weighted by Gasteiger charge is 2.15. The van der Waals surface area contributed by atoms with Crippen LogP contribution in [-0.2, 0) is 11.3 Å². The second-order valence-electron chi connectivity index (χ2n) is 6.62. The fourth-order valence-electron chi connectivity index (χ4n) is 3.26. The summed E-state index contributed by atoms with van der Waals surface area (Å²) in [6.07, 6.45) is 5.33. The van der Waals surface area contributed by atoms with Gasteiger partial charge < -0.3 is 10.4 Å². The van der Waals surface area contributed by atoms with Gasteiger partial charge in [0.15, 0.2) is 0 Å². The van der Waals surface area contributed by atoms with Crippen LogP contribution in [0.2, 0.25) is 0 Å². The molecular weight excluding hydrogens is 316 g/mol. The van der Waals surface area contributed by atoms with E-state index in [0.29, 0.717) is 0 Å². The van der Waals surface area contributed by atoms with Crippen molar-refractivity contribution in [2.75, 3.05) is 25.0 Å². The number of para-hydroxylation sites is 1. The van der Waals surface area contributed by atoms with Crippen LogP contribution in [0.15, 0.2) is 24.3 Å². The van der Waals surface area contributed by atoms with E-state index in [1.807, 2.05) is 24.3 Å². The van der Waals surface area contributed by atoms with Crippen molar-refractivity contribution >= 4 is 22.7 Å². The Bertz CT molecular complexity index is 714. The molecule has 0 spiro atoms. The Morgan fingerprint density at radius 3 is 2.72 bits per heavy atom. The van der Waals surface area contributed by atoms with Gasteiger partial charge in [-0.25, -0.2) is 9.97 Å². The summed E-state index contributed by atoms with van der Waals surface area (Å²) in [5.41, 5.74) is 0.972. The average Bonchev–Trinajstić information content (AvgIpc) is 3.10. The molecule has 6 heteroatoms. The Labute approximate surface area is 148 Å². The summed E-state index contributed by atoms with van der Waals surface area (Å²) in [6.45, 7) is 3.85. The van der Waals surface area contributed by atoms with Gasteiger partial charge in [0, 0.05) is 18.4 Å². The Hall–Kier alpha value is -2.21. The van der Waals surface area contributed by atoms with Crippen molar-refractivity contribution in [3.8, 4) is 0 Å². The molecule has 2 N–H and O–H groups in total. The van der Waals surface area contributed by atoms with Gasteiger partial charge in [0.2, 0.25) is 0 Å². The highest BCUT2D eigenvalue weighted by molar-refractivity contribution is 5.88. The van der Waals surface area contributed by atoms with E-state index in [1.165, 1.54) is 12.8 Å². The Balaban J connectivity index is 1.64. The zero-order valence-corrected chi connectivity index (χ0v) is 14.6. The Morgan fingerprint density at radius 1 is 1.12 bits per heavy atom. The van der Waals surface area contributed by atoms with Crippen molar-refractivity contribution in [1.29, 1.82) is 0 Å². The molecule has 2 heterocycles. The highest BCUT2D eigenvalue weighted by atomic mass is 16.4. The van der Waals surface area contributed by atoms with Gasteiger partial charge in [-0.2, -0.15) is 0 Å². The number of carbonyl (C=O) groups is 1. The molecule has 1 aromatic heterocycles. The summed E-state index contributed by atoms with van der Waals surface area (Å²) in [4.78, 5) is 22.4. The van der Waals surface area contributed by atoms with Gasteiger partial charge in [0.25, 0.3) is 0 Å². The van der Waals surface area contributed by atoms with Crippen molar-refractivity contribution in [3.63, 3.8) is 0 Å². The molecule has 1 saturated heterocycles. The molecule has 3 rings (SSSR count). The summed E-state index contributed by atoms with van der Waals surface area (Å²) in [5, 5.41) is 13.1. The van der Waals surface area contributed by atoms with E-state index in [4.69, 9.17) is 15.1 Å². The Morgan fingerprint density at radius 2 is 1.92 bits per heavy atom. The zero-order chi connectivity index (χ0) is 17.5. The number of hydrogen-bond donors (Lipinski definition) is 2. The molecule has 0 radical (unpaired) electrons. The largest absolute Gasteiger partial charge is 0.481 e. The van der Waals surface area contributed by atoms with Crippen LogP contribution in [0.25, 0.3) is 10.9 Å². The van der Waals surface area contributed by atoms with Crippen LogP contribution < -0.4 is 5.32 Å². The van der Waals surface area contributed by atoms with E-state index in [9.17, 15) is 4.79 Å². The summed E-state index contributed by atoms with van der Waals surface area (Å²) in [6, 6.07) is 8.08. The van der Waals surface area contributed by atoms with Gasteiger partial charge in [-0.3, -0.25) is 9.69 Å². The number of hydrogen-bond acceptors (Lipinski definition) is 5. The molecule has 0 atom stereocenters. The highest BCUT2D eigenvalue weighted by Crippen LogP contribution is 2.21. The molecule has 1 aromatic carbocycles. The quantitative estimate of drug-likeness (QED) is 0.681. The maximum atomic E-state index is 10.5. The van der Waals surface area contributed by atoms with E-state index >= 15 is 0 Å². The van der Waals surface area contributed by atoms with E-state index in [1.54, 1.807) is 0 Å². The van der Waals surface area contributed by atoms with Gasteiger partial charge in [-0.15, -0.1) is 0 Å². The van der Waals surface area contributed by atoms with Crippen LogP contribution in [0.3, 0.4) is 0 Å². The van der Waals surface area contributed by atoms with Crippen LogP contribution in [0.1, 0.15) is 44.3 Å². The van der Waals surface area contributed by atoms with Gasteiger partial charge in [-0.1, -0.05) is 18.6 Å². The number of unbranched alkanes of at least 4 members (excludes halogenated alkanes) is 2. The van der Waals surface area contributed by atoms with E-state index < -0.39 is 5.97 Å². The lowest BCUT2D eigenvalue weighted by Crippen LogP contribution is -2.20. The third kappa shape index (κ3) is 5.13. The predicted octanol–water partition coefficient (Wildman–Crippen LogP) is 3.28. The minimum atomic E-state index is -0.721. The molecule has 1 fully saturated rings. The molecule has 6 nitrogen and oxygen atoms in total. The number of anilines is 1. The summed E-state index contributed by atoms with van der Waals surface area (Å²) >= 11 is 0. The number of nitrogens with one attached hydrogen (secondary N) is 1. The van der Waals surface area contributed by atoms with Crippen LogP contribution >= 0.6 is 0 Å². The molecule has 0 saturated carbocycles. The van der Waals surface area contributed by atoms with Crippen molar-refractivity contribution in [2.45, 2.75) is 45.1 Å². The van der Waals surface area contributed by atoms with Crippen LogP contribution in [-0.4, -0.2) is 45.6 Å². The third-order valence-corrected chi connectivity index (χ3v) is 4.57. The number of aliphatic carboxylic acids is 1. The van der Waals surface area contributed by atoms with E-state index in [-0.39, 0.29) is 6.42 Å². The smallest absolute Gasteiger partial charge is 0.303 e. The van der Waals surface area contributed by atoms with Gasteiger partial charge in [0.05, 0.1) is 12.1 Å². The van der Waals surface area contributed by atoms with Crippen LogP contribution in [0, 0.1) is 0 Å². The second-order valence-corrected chi connectivity index (χ2v) is 6.62. The number of nitrogens with zero attached hydrogens (tertiary/aromatic N) is 3. The first-order chi connectivity index (χ1) is 12.2. The van der Waals surface area contributed by atoms with Crippen LogP contribution in [0.5, 0.6) is 0 Å². The second kappa shape index (κ2) is 8.76.